The van der Waals surface area contributed by atoms with Crippen LogP contribution in [-0.2, 0) is 4.74 Å². The number of hydrogen-bond donors (Lipinski definition) is 0. The zero-order valence-corrected chi connectivity index (χ0v) is 8.53. The average Bonchev–Trinajstić information content (AvgIpc) is 2.25. The second kappa shape index (κ2) is 5.70. The van der Waals surface area contributed by atoms with Gasteiger partial charge in [-0.1, -0.05) is 23.7 Å². The molecule has 0 N–H and O–H groups in total. The third-order valence-electron chi connectivity index (χ3n) is 1.60. The summed E-state index contributed by atoms with van der Waals surface area (Å²) in [6.45, 7) is 13.2. The molecule has 74 valence electrons. The molecule has 0 radical (unpaired) electrons. The van der Waals surface area contributed by atoms with E-state index in [0.29, 0.717) is 10.8 Å². The smallest absolute Gasteiger partial charge is 0.356 e. The maximum Gasteiger partial charge on any atom is 0.356 e. The van der Waals surface area contributed by atoms with E-state index in [-0.39, 0.29) is 6.73 Å². The van der Waals surface area contributed by atoms with Gasteiger partial charge in [0.15, 0.2) is 6.20 Å². The van der Waals surface area contributed by atoms with Crippen molar-refractivity contribution < 1.29 is 4.74 Å². The van der Waals surface area contributed by atoms with Gasteiger partial charge in [-0.15, -0.1) is 0 Å². The minimum Gasteiger partial charge on any atom is -0.438 e. The zero-order chi connectivity index (χ0) is 11.1. The van der Waals surface area contributed by atoms with Gasteiger partial charge in [-0.3, -0.25) is 4.85 Å². The number of ether oxygens (including phenoxy) is 1. The Hall–Kier alpha value is -1.97. The van der Waals surface area contributed by atoms with Crippen LogP contribution in [0, 0.1) is 13.1 Å². The monoisotopic (exact) mass is 218 g/mol. The second-order valence-corrected chi connectivity index (χ2v) is 3.00. The molecule has 15 heavy (non-hydrogen) atoms. The summed E-state index contributed by atoms with van der Waals surface area (Å²) in [5.74, 6) is 0.387. The van der Waals surface area contributed by atoms with Crippen molar-refractivity contribution in [2.24, 2.45) is 0 Å². The number of benzene rings is 1. The van der Waals surface area contributed by atoms with Gasteiger partial charge < -0.3 is 4.74 Å². The zero-order valence-electron chi connectivity index (χ0n) is 7.77. The molecule has 0 aliphatic rings. The van der Waals surface area contributed by atoms with E-state index in [1.807, 2.05) is 0 Å². The Labute approximate surface area is 93.2 Å². The lowest BCUT2D eigenvalue weighted by atomic mass is 10.2. The second-order valence-electron chi connectivity index (χ2n) is 2.56. The van der Waals surface area contributed by atoms with Gasteiger partial charge in [0.05, 0.1) is 6.57 Å². The molecule has 0 atom stereocenters. The fraction of sp³-hybridized carbons (Fsp3) is 0.0909. The molecule has 0 saturated heterocycles. The van der Waals surface area contributed by atoms with Crippen LogP contribution in [0.1, 0.15) is 5.56 Å². The van der Waals surface area contributed by atoms with Gasteiger partial charge in [0, 0.05) is 10.6 Å². The summed E-state index contributed by atoms with van der Waals surface area (Å²) in [6, 6.07) is 6.89. The van der Waals surface area contributed by atoms with Crippen molar-refractivity contribution in [1.29, 1.82) is 0 Å². The Bertz CT molecular complexity index is 437. The summed E-state index contributed by atoms with van der Waals surface area (Å²) >= 11 is 5.73. The lowest BCUT2D eigenvalue weighted by Crippen LogP contribution is -1.90. The third-order valence-corrected chi connectivity index (χ3v) is 1.85. The number of nitrogens with zero attached hydrogens (tertiary/aromatic N) is 2. The van der Waals surface area contributed by atoms with E-state index in [1.54, 1.807) is 24.3 Å². The summed E-state index contributed by atoms with van der Waals surface area (Å²) in [5.41, 5.74) is 0.735. The van der Waals surface area contributed by atoms with Crippen LogP contribution in [0.2, 0.25) is 5.02 Å². The molecule has 0 unspecified atom stereocenters. The van der Waals surface area contributed by atoms with E-state index in [1.165, 1.54) is 6.20 Å². The maximum absolute atomic E-state index is 6.73. The van der Waals surface area contributed by atoms with Crippen LogP contribution in [0.5, 0.6) is 0 Å². The molecule has 0 spiro atoms. The fourth-order valence-corrected chi connectivity index (χ4v) is 1.10. The molecule has 1 aromatic carbocycles. The van der Waals surface area contributed by atoms with Crippen molar-refractivity contribution in [3.63, 3.8) is 0 Å². The van der Waals surface area contributed by atoms with Crippen molar-refractivity contribution in [2.75, 3.05) is 6.73 Å². The van der Waals surface area contributed by atoms with Crippen LogP contribution in [0.4, 0.5) is 0 Å². The Kier molecular flexibility index (Phi) is 4.22. The minimum atomic E-state index is -0.0933. The lowest BCUT2D eigenvalue weighted by molar-refractivity contribution is 0.318. The van der Waals surface area contributed by atoms with Crippen molar-refractivity contribution in [2.45, 2.75) is 0 Å². The molecule has 0 bridgehead atoms. The predicted octanol–water partition coefficient (Wildman–Crippen LogP) is 3.45. The van der Waals surface area contributed by atoms with Crippen molar-refractivity contribution in [1.82, 2.24) is 0 Å². The fourth-order valence-electron chi connectivity index (χ4n) is 0.970. The van der Waals surface area contributed by atoms with Gasteiger partial charge >= 0.3 is 6.73 Å². The molecule has 0 aliphatic heterocycles. The van der Waals surface area contributed by atoms with Gasteiger partial charge in [0.2, 0.25) is 0 Å². The summed E-state index contributed by atoms with van der Waals surface area (Å²) in [6.07, 6.45) is 1.24. The molecule has 0 saturated carbocycles. The molecule has 0 aliphatic carbocycles. The largest absolute Gasteiger partial charge is 0.438 e. The lowest BCUT2D eigenvalue weighted by Gasteiger charge is -2.04. The Morgan fingerprint density at radius 1 is 1.33 bits per heavy atom. The number of halogens is 1. The highest BCUT2D eigenvalue weighted by Gasteiger charge is 2.02. The van der Waals surface area contributed by atoms with Crippen molar-refractivity contribution in [3.05, 3.63) is 63.9 Å². The van der Waals surface area contributed by atoms with Gasteiger partial charge in [0.25, 0.3) is 0 Å². The molecular formula is C11H7ClN2O. The van der Waals surface area contributed by atoms with E-state index in [0.717, 1.165) is 5.56 Å². The molecule has 3 nitrogen and oxygen atoms in total. The first-order chi connectivity index (χ1) is 7.27. The summed E-state index contributed by atoms with van der Waals surface area (Å²) in [4.78, 5) is 6.17. The first-order valence-corrected chi connectivity index (χ1v) is 4.44. The first-order valence-electron chi connectivity index (χ1n) is 4.06. The highest BCUT2D eigenvalue weighted by Crippen LogP contribution is 2.18. The Morgan fingerprint density at radius 3 is 2.53 bits per heavy atom. The van der Waals surface area contributed by atoms with E-state index >= 15 is 0 Å². The van der Waals surface area contributed by atoms with Crippen LogP contribution >= 0.6 is 11.6 Å². The third kappa shape index (κ3) is 3.34. The van der Waals surface area contributed by atoms with Gasteiger partial charge in [-0.25, -0.2) is 11.4 Å². The summed E-state index contributed by atoms with van der Waals surface area (Å²) in [5, 5.41) is 0.617. The highest BCUT2D eigenvalue weighted by atomic mass is 35.5. The predicted molar refractivity (Wildman–Crippen MR) is 58.6 cm³/mol. The molecule has 0 fully saturated rings. The van der Waals surface area contributed by atoms with Crippen LogP contribution < -0.4 is 0 Å². The van der Waals surface area contributed by atoms with Gasteiger partial charge in [-0.2, -0.15) is 0 Å². The Morgan fingerprint density at radius 2 is 2.00 bits per heavy atom. The number of rotatable bonds is 3. The molecule has 0 heterocycles. The standard InChI is InChI=1S/C11H7ClN2O/c1-13-7-11(15-8-14-2)9-3-5-10(12)6-4-9/h3-7H,8H2. The van der Waals surface area contributed by atoms with Gasteiger partial charge in [0.1, 0.15) is 5.76 Å². The SMILES string of the molecule is [C-]#[N+]C=C(OC[N+]#[C-])c1ccc(Cl)cc1. The van der Waals surface area contributed by atoms with Crippen molar-refractivity contribution >= 4 is 17.4 Å². The number of hydrogen-bond acceptors (Lipinski definition) is 1. The molecule has 0 amide bonds. The first kappa shape index (κ1) is 11.1. The average molecular weight is 219 g/mol. The van der Waals surface area contributed by atoms with Crippen LogP contribution in [-0.4, -0.2) is 6.73 Å². The normalized spacial score (nSPS) is 10.2. The summed E-state index contributed by atoms with van der Waals surface area (Å²) in [7, 11) is 0. The highest BCUT2D eigenvalue weighted by molar-refractivity contribution is 6.30. The molecule has 4 heteroatoms. The quantitative estimate of drug-likeness (QED) is 0.561. The van der Waals surface area contributed by atoms with E-state index in [9.17, 15) is 0 Å². The molecule has 0 aromatic heterocycles. The minimum absolute atomic E-state index is 0.0933. The van der Waals surface area contributed by atoms with E-state index in [4.69, 9.17) is 29.5 Å². The van der Waals surface area contributed by atoms with Crippen molar-refractivity contribution in [3.8, 4) is 0 Å². The Balaban J connectivity index is 2.92. The van der Waals surface area contributed by atoms with E-state index < -0.39 is 0 Å². The molecule has 1 rings (SSSR count). The summed E-state index contributed by atoms with van der Waals surface area (Å²) < 4.78 is 5.11. The van der Waals surface area contributed by atoms with Crippen LogP contribution in [0.15, 0.2) is 30.5 Å². The topological polar surface area (TPSA) is 17.9 Å². The van der Waals surface area contributed by atoms with Gasteiger partial charge in [-0.05, 0) is 12.1 Å². The van der Waals surface area contributed by atoms with Crippen LogP contribution in [0.25, 0.3) is 15.4 Å². The molecular weight excluding hydrogens is 212 g/mol. The molecule has 1 aromatic rings. The van der Waals surface area contributed by atoms with Crippen LogP contribution in [0.3, 0.4) is 0 Å². The maximum atomic E-state index is 6.73. The van der Waals surface area contributed by atoms with E-state index in [2.05, 4.69) is 9.69 Å².